The molecule has 1 fully saturated rings. The molecule has 1 saturated heterocycles. The third kappa shape index (κ3) is 2.23. The molecule has 1 aliphatic heterocycles. The molecule has 2 N–H and O–H groups in total. The lowest BCUT2D eigenvalue weighted by Gasteiger charge is -2.18. The van der Waals surface area contributed by atoms with Gasteiger partial charge < -0.3 is 4.90 Å². The Kier molecular flexibility index (Phi) is 3.22. The van der Waals surface area contributed by atoms with E-state index in [-0.39, 0.29) is 11.9 Å². The number of hydrogen-bond donors (Lipinski definition) is 1. The fraction of sp³-hybridized carbons (Fsp3) is 0.417. The zero-order valence-electron chi connectivity index (χ0n) is 9.35. The minimum atomic E-state index is 0.0904. The first-order valence-corrected chi connectivity index (χ1v) is 5.42. The quantitative estimate of drug-likeness (QED) is 0.617. The summed E-state index contributed by atoms with van der Waals surface area (Å²) in [6.07, 6.45) is 1.03. The van der Waals surface area contributed by atoms with Gasteiger partial charge in [-0.1, -0.05) is 12.1 Å². The lowest BCUT2D eigenvalue weighted by atomic mass is 10.1. The Morgan fingerprint density at radius 1 is 1.56 bits per heavy atom. The molecule has 16 heavy (non-hydrogen) atoms. The first kappa shape index (κ1) is 11.1. The molecule has 0 bridgehead atoms. The first-order chi connectivity index (χ1) is 7.70. The molecule has 0 saturated carbocycles. The van der Waals surface area contributed by atoms with Crippen molar-refractivity contribution in [2.24, 2.45) is 5.90 Å². The van der Waals surface area contributed by atoms with Crippen LogP contribution in [0.1, 0.15) is 23.7 Å². The summed E-state index contributed by atoms with van der Waals surface area (Å²) in [7, 11) is 0. The molecule has 4 heteroatoms. The summed E-state index contributed by atoms with van der Waals surface area (Å²) in [5.41, 5.74) is 1.81. The zero-order valence-corrected chi connectivity index (χ0v) is 9.35. The van der Waals surface area contributed by atoms with E-state index in [9.17, 15) is 4.79 Å². The molecular formula is C12H16N2O2. The minimum Gasteiger partial charge on any atom is -0.369 e. The Balaban J connectivity index is 2.15. The number of nitrogens with two attached hydrogens (primary N) is 1. The van der Waals surface area contributed by atoms with E-state index in [1.807, 2.05) is 24.3 Å². The SMILES string of the molecule is CC(=O)c1cccc(N2CCC(ON)C2)c1. The van der Waals surface area contributed by atoms with Gasteiger partial charge >= 0.3 is 0 Å². The van der Waals surface area contributed by atoms with E-state index < -0.39 is 0 Å². The van der Waals surface area contributed by atoms with Crippen LogP contribution < -0.4 is 10.8 Å². The Morgan fingerprint density at radius 3 is 3.00 bits per heavy atom. The van der Waals surface area contributed by atoms with Crippen LogP contribution in [0.15, 0.2) is 24.3 Å². The average molecular weight is 220 g/mol. The molecule has 0 radical (unpaired) electrons. The second kappa shape index (κ2) is 4.63. The van der Waals surface area contributed by atoms with E-state index in [0.717, 1.165) is 30.8 Å². The number of rotatable bonds is 3. The predicted molar refractivity (Wildman–Crippen MR) is 62.3 cm³/mol. The largest absolute Gasteiger partial charge is 0.369 e. The van der Waals surface area contributed by atoms with Crippen molar-refractivity contribution in [2.75, 3.05) is 18.0 Å². The second-order valence-corrected chi connectivity index (χ2v) is 4.10. The Labute approximate surface area is 94.9 Å². The summed E-state index contributed by atoms with van der Waals surface area (Å²) in [5.74, 6) is 5.26. The maximum atomic E-state index is 11.3. The summed E-state index contributed by atoms with van der Waals surface area (Å²) in [6, 6.07) is 7.66. The van der Waals surface area contributed by atoms with Crippen LogP contribution in [0.3, 0.4) is 0 Å². The van der Waals surface area contributed by atoms with Crippen molar-refractivity contribution in [3.63, 3.8) is 0 Å². The summed E-state index contributed by atoms with van der Waals surface area (Å²) < 4.78 is 0. The summed E-state index contributed by atoms with van der Waals surface area (Å²) in [5, 5.41) is 0. The maximum Gasteiger partial charge on any atom is 0.159 e. The number of nitrogens with zero attached hydrogens (tertiary/aromatic N) is 1. The molecule has 0 amide bonds. The minimum absolute atomic E-state index is 0.0904. The van der Waals surface area contributed by atoms with Crippen molar-refractivity contribution < 1.29 is 9.63 Å². The fourth-order valence-electron chi connectivity index (χ4n) is 2.00. The Morgan fingerprint density at radius 2 is 2.38 bits per heavy atom. The normalized spacial score (nSPS) is 20.1. The topological polar surface area (TPSA) is 55.6 Å². The smallest absolute Gasteiger partial charge is 0.159 e. The molecule has 1 heterocycles. The van der Waals surface area contributed by atoms with Gasteiger partial charge in [0.2, 0.25) is 0 Å². The molecule has 0 aliphatic carbocycles. The molecule has 0 spiro atoms. The third-order valence-corrected chi connectivity index (χ3v) is 2.96. The van der Waals surface area contributed by atoms with E-state index in [4.69, 9.17) is 10.7 Å². The lowest BCUT2D eigenvalue weighted by molar-refractivity contribution is 0.0690. The summed E-state index contributed by atoms with van der Waals surface area (Å²) >= 11 is 0. The molecule has 0 aromatic heterocycles. The highest BCUT2D eigenvalue weighted by atomic mass is 16.6. The van der Waals surface area contributed by atoms with Crippen LogP contribution in [0, 0.1) is 0 Å². The monoisotopic (exact) mass is 220 g/mol. The highest BCUT2D eigenvalue weighted by Gasteiger charge is 2.22. The summed E-state index contributed by atoms with van der Waals surface area (Å²) in [4.78, 5) is 18.3. The molecule has 1 aliphatic rings. The fourth-order valence-corrected chi connectivity index (χ4v) is 2.00. The highest BCUT2D eigenvalue weighted by molar-refractivity contribution is 5.95. The molecule has 1 unspecified atom stereocenters. The molecular weight excluding hydrogens is 204 g/mol. The van der Waals surface area contributed by atoms with Crippen molar-refractivity contribution in [3.8, 4) is 0 Å². The number of carbonyl (C=O) groups excluding carboxylic acids is 1. The van der Waals surface area contributed by atoms with Crippen molar-refractivity contribution in [1.82, 2.24) is 0 Å². The lowest BCUT2D eigenvalue weighted by Crippen LogP contribution is -2.24. The van der Waals surface area contributed by atoms with E-state index in [0.29, 0.717) is 0 Å². The molecule has 86 valence electrons. The average Bonchev–Trinajstić information content (AvgIpc) is 2.77. The number of hydrogen-bond acceptors (Lipinski definition) is 4. The van der Waals surface area contributed by atoms with Gasteiger partial charge in [0.25, 0.3) is 0 Å². The van der Waals surface area contributed by atoms with Crippen molar-refractivity contribution in [2.45, 2.75) is 19.4 Å². The predicted octanol–water partition coefficient (Wildman–Crippen LogP) is 1.36. The van der Waals surface area contributed by atoms with Gasteiger partial charge in [0.05, 0.1) is 6.10 Å². The van der Waals surface area contributed by atoms with Gasteiger partial charge in [-0.2, -0.15) is 0 Å². The Hall–Kier alpha value is -1.39. The number of ketones is 1. The van der Waals surface area contributed by atoms with Crippen LogP contribution in [-0.4, -0.2) is 25.0 Å². The molecule has 1 aromatic rings. The van der Waals surface area contributed by atoms with Gasteiger partial charge in [0.15, 0.2) is 5.78 Å². The van der Waals surface area contributed by atoms with E-state index in [1.165, 1.54) is 0 Å². The zero-order chi connectivity index (χ0) is 11.5. The van der Waals surface area contributed by atoms with Crippen molar-refractivity contribution >= 4 is 11.5 Å². The van der Waals surface area contributed by atoms with Crippen LogP contribution in [0.25, 0.3) is 0 Å². The second-order valence-electron chi connectivity index (χ2n) is 4.10. The van der Waals surface area contributed by atoms with E-state index in [1.54, 1.807) is 6.92 Å². The van der Waals surface area contributed by atoms with Crippen LogP contribution in [0.2, 0.25) is 0 Å². The van der Waals surface area contributed by atoms with Crippen molar-refractivity contribution in [3.05, 3.63) is 29.8 Å². The van der Waals surface area contributed by atoms with Crippen LogP contribution in [-0.2, 0) is 4.84 Å². The highest BCUT2D eigenvalue weighted by Crippen LogP contribution is 2.22. The van der Waals surface area contributed by atoms with Crippen LogP contribution >= 0.6 is 0 Å². The molecule has 4 nitrogen and oxygen atoms in total. The van der Waals surface area contributed by atoms with Gasteiger partial charge in [-0.05, 0) is 25.5 Å². The first-order valence-electron chi connectivity index (χ1n) is 5.42. The molecule has 1 aromatic carbocycles. The maximum absolute atomic E-state index is 11.3. The molecule has 1 atom stereocenters. The number of carbonyl (C=O) groups is 1. The number of anilines is 1. The van der Waals surface area contributed by atoms with Crippen LogP contribution in [0.5, 0.6) is 0 Å². The Bertz CT molecular complexity index is 392. The van der Waals surface area contributed by atoms with Crippen LogP contribution in [0.4, 0.5) is 5.69 Å². The van der Waals surface area contributed by atoms with Gasteiger partial charge in [0.1, 0.15) is 0 Å². The van der Waals surface area contributed by atoms with Gasteiger partial charge in [-0.25, -0.2) is 5.90 Å². The summed E-state index contributed by atoms with van der Waals surface area (Å²) in [6.45, 7) is 3.29. The number of Topliss-reactive ketones (excluding diaryl/α,β-unsaturated/α-hetero) is 1. The third-order valence-electron chi connectivity index (χ3n) is 2.96. The van der Waals surface area contributed by atoms with Crippen molar-refractivity contribution in [1.29, 1.82) is 0 Å². The number of benzene rings is 1. The van der Waals surface area contributed by atoms with E-state index >= 15 is 0 Å². The van der Waals surface area contributed by atoms with Gasteiger partial charge in [0, 0.05) is 24.3 Å². The van der Waals surface area contributed by atoms with E-state index in [2.05, 4.69) is 4.90 Å². The molecule has 2 rings (SSSR count). The van der Waals surface area contributed by atoms with Gasteiger partial charge in [-0.3, -0.25) is 9.63 Å². The standard InChI is InChI=1S/C12H16N2O2/c1-9(15)10-3-2-4-11(7-10)14-6-5-12(8-14)16-13/h2-4,7,12H,5-6,8,13H2,1H3. The van der Waals surface area contributed by atoms with Gasteiger partial charge in [-0.15, -0.1) is 0 Å².